The molecule has 0 radical (unpaired) electrons. The maximum atomic E-state index is 12.7. The van der Waals surface area contributed by atoms with Crippen LogP contribution in [-0.4, -0.2) is 39.7 Å². The number of amides is 1. The van der Waals surface area contributed by atoms with E-state index in [2.05, 4.69) is 29.3 Å². The largest absolute Gasteiger partial charge is 0.348 e. The fourth-order valence-electron chi connectivity index (χ4n) is 2.68. The van der Waals surface area contributed by atoms with Crippen LogP contribution in [0.5, 0.6) is 0 Å². The van der Waals surface area contributed by atoms with Crippen LogP contribution in [0.2, 0.25) is 0 Å². The Labute approximate surface area is 158 Å². The maximum Gasteiger partial charge on any atom is 0.240 e. The number of nitrogens with zero attached hydrogens (tertiary/aromatic N) is 4. The minimum Gasteiger partial charge on any atom is -0.348 e. The molecule has 5 nitrogen and oxygen atoms in total. The monoisotopic (exact) mass is 366 g/mol. The first-order valence-electron chi connectivity index (χ1n) is 8.36. The van der Waals surface area contributed by atoms with Crippen molar-refractivity contribution in [2.75, 3.05) is 14.1 Å². The van der Waals surface area contributed by atoms with E-state index in [9.17, 15) is 4.79 Å². The van der Waals surface area contributed by atoms with E-state index in [1.807, 2.05) is 54.1 Å². The summed E-state index contributed by atoms with van der Waals surface area (Å²) in [5, 5.41) is 9.03. The van der Waals surface area contributed by atoms with E-state index in [4.69, 9.17) is 0 Å². The van der Waals surface area contributed by atoms with Gasteiger partial charge in [0.2, 0.25) is 5.91 Å². The van der Waals surface area contributed by atoms with Crippen molar-refractivity contribution in [3.05, 3.63) is 65.7 Å². The molecule has 3 rings (SSSR count). The smallest absolute Gasteiger partial charge is 0.240 e. The summed E-state index contributed by atoms with van der Waals surface area (Å²) in [5.74, 6) is 0.821. The molecule has 0 bridgehead atoms. The number of hydrogen-bond donors (Lipinski definition) is 0. The number of thioether (sulfide) groups is 1. The van der Waals surface area contributed by atoms with E-state index in [1.54, 1.807) is 19.0 Å². The van der Waals surface area contributed by atoms with Gasteiger partial charge in [0.05, 0.1) is 0 Å². The van der Waals surface area contributed by atoms with Crippen molar-refractivity contribution in [2.45, 2.75) is 17.3 Å². The first-order chi connectivity index (χ1) is 12.5. The van der Waals surface area contributed by atoms with Gasteiger partial charge in [-0.3, -0.25) is 4.79 Å². The molecule has 0 N–H and O–H groups in total. The fraction of sp³-hybridized carbons (Fsp3) is 0.250. The molecule has 0 aliphatic heterocycles. The lowest BCUT2D eigenvalue weighted by molar-refractivity contribution is -0.128. The summed E-state index contributed by atoms with van der Waals surface area (Å²) in [4.78, 5) is 14.3. The summed E-state index contributed by atoms with van der Waals surface area (Å²) in [6, 6.07) is 17.9. The Hall–Kier alpha value is -2.60. The molecule has 0 aliphatic carbocycles. The zero-order chi connectivity index (χ0) is 18.7. The molecule has 0 spiro atoms. The number of carbonyl (C=O) groups excluding carboxylic acids is 1. The van der Waals surface area contributed by atoms with Crippen LogP contribution in [0.25, 0.3) is 11.4 Å². The number of aryl methyl sites for hydroxylation is 1. The molecule has 1 heterocycles. The SMILES string of the molecule is Cc1cccc(-c2nnc(SC(C(=O)N(C)C)c3ccccc3)n2C)c1. The first kappa shape index (κ1) is 18.2. The van der Waals surface area contributed by atoms with Gasteiger partial charge in [-0.2, -0.15) is 0 Å². The molecule has 1 aromatic heterocycles. The van der Waals surface area contributed by atoms with Crippen LogP contribution in [0, 0.1) is 6.92 Å². The standard InChI is InChI=1S/C20H22N4OS/c1-14-9-8-12-16(13-14)18-21-22-20(24(18)4)26-17(19(25)23(2)3)15-10-6-5-7-11-15/h5-13,17H,1-4H3. The normalized spacial score (nSPS) is 12.0. The number of carbonyl (C=O) groups is 1. The van der Waals surface area contributed by atoms with Crippen LogP contribution in [0.4, 0.5) is 0 Å². The first-order valence-corrected chi connectivity index (χ1v) is 9.24. The molecule has 26 heavy (non-hydrogen) atoms. The van der Waals surface area contributed by atoms with Gasteiger partial charge >= 0.3 is 0 Å². The molecular formula is C20H22N4OS. The molecule has 1 amide bonds. The number of likely N-dealkylation sites (N-methyl/N-ethyl adjacent to an activating group) is 1. The fourth-order valence-corrected chi connectivity index (χ4v) is 3.83. The minimum atomic E-state index is -0.362. The second-order valence-electron chi connectivity index (χ2n) is 6.38. The molecule has 0 fully saturated rings. The summed E-state index contributed by atoms with van der Waals surface area (Å²) < 4.78 is 1.94. The van der Waals surface area contributed by atoms with Crippen LogP contribution < -0.4 is 0 Å². The Kier molecular flexibility index (Phi) is 5.42. The second-order valence-corrected chi connectivity index (χ2v) is 7.45. The van der Waals surface area contributed by atoms with Gasteiger partial charge in [0.15, 0.2) is 11.0 Å². The van der Waals surface area contributed by atoms with Gasteiger partial charge in [-0.25, -0.2) is 0 Å². The van der Waals surface area contributed by atoms with Crippen molar-refractivity contribution in [3.63, 3.8) is 0 Å². The quantitative estimate of drug-likeness (QED) is 0.646. The third-order valence-corrected chi connectivity index (χ3v) is 5.38. The van der Waals surface area contributed by atoms with E-state index in [0.717, 1.165) is 17.0 Å². The van der Waals surface area contributed by atoms with Crippen LogP contribution in [-0.2, 0) is 11.8 Å². The molecule has 0 saturated carbocycles. The lowest BCUT2D eigenvalue weighted by Gasteiger charge is -2.20. The summed E-state index contributed by atoms with van der Waals surface area (Å²) >= 11 is 1.42. The Morgan fingerprint density at radius 2 is 1.81 bits per heavy atom. The van der Waals surface area contributed by atoms with Gasteiger partial charge in [0.25, 0.3) is 0 Å². The van der Waals surface area contributed by atoms with Gasteiger partial charge < -0.3 is 9.47 Å². The Bertz CT molecular complexity index is 905. The summed E-state index contributed by atoms with van der Waals surface area (Å²) in [7, 11) is 5.48. The van der Waals surface area contributed by atoms with E-state index in [0.29, 0.717) is 5.16 Å². The van der Waals surface area contributed by atoms with Gasteiger partial charge in [0.1, 0.15) is 5.25 Å². The van der Waals surface area contributed by atoms with E-state index in [-0.39, 0.29) is 11.2 Å². The number of aromatic nitrogens is 3. The third-order valence-electron chi connectivity index (χ3n) is 4.10. The zero-order valence-electron chi connectivity index (χ0n) is 15.4. The topological polar surface area (TPSA) is 51.0 Å². The van der Waals surface area contributed by atoms with Crippen molar-refractivity contribution in [2.24, 2.45) is 7.05 Å². The minimum absolute atomic E-state index is 0.0290. The second kappa shape index (κ2) is 7.74. The highest BCUT2D eigenvalue weighted by atomic mass is 32.2. The summed E-state index contributed by atoms with van der Waals surface area (Å²) in [5.41, 5.74) is 3.14. The molecule has 1 atom stereocenters. The number of rotatable bonds is 5. The van der Waals surface area contributed by atoms with Crippen molar-refractivity contribution in [1.82, 2.24) is 19.7 Å². The van der Waals surface area contributed by atoms with Gasteiger partial charge in [0, 0.05) is 26.7 Å². The Morgan fingerprint density at radius 1 is 1.08 bits per heavy atom. The molecule has 1 unspecified atom stereocenters. The van der Waals surface area contributed by atoms with Crippen LogP contribution in [0.15, 0.2) is 59.8 Å². The predicted molar refractivity (Wildman–Crippen MR) is 105 cm³/mol. The van der Waals surface area contributed by atoms with Gasteiger partial charge in [-0.1, -0.05) is 65.9 Å². The third kappa shape index (κ3) is 3.80. The van der Waals surface area contributed by atoms with Crippen molar-refractivity contribution < 1.29 is 4.79 Å². The predicted octanol–water partition coefficient (Wildman–Crippen LogP) is 3.71. The maximum absolute atomic E-state index is 12.7. The zero-order valence-corrected chi connectivity index (χ0v) is 16.2. The van der Waals surface area contributed by atoms with Crippen LogP contribution in [0.3, 0.4) is 0 Å². The lowest BCUT2D eigenvalue weighted by Crippen LogP contribution is -2.26. The summed E-state index contributed by atoms with van der Waals surface area (Å²) in [6.07, 6.45) is 0. The van der Waals surface area contributed by atoms with E-state index < -0.39 is 0 Å². The number of hydrogen-bond acceptors (Lipinski definition) is 4. The molecule has 0 aliphatic rings. The average molecular weight is 366 g/mol. The highest BCUT2D eigenvalue weighted by Gasteiger charge is 2.26. The molecular weight excluding hydrogens is 344 g/mol. The Morgan fingerprint density at radius 3 is 2.46 bits per heavy atom. The van der Waals surface area contributed by atoms with E-state index in [1.165, 1.54) is 17.3 Å². The van der Waals surface area contributed by atoms with Gasteiger partial charge in [-0.05, 0) is 18.6 Å². The number of benzene rings is 2. The highest BCUT2D eigenvalue weighted by molar-refractivity contribution is 8.00. The molecule has 134 valence electrons. The van der Waals surface area contributed by atoms with Crippen LogP contribution >= 0.6 is 11.8 Å². The average Bonchev–Trinajstić information content (AvgIpc) is 3.00. The van der Waals surface area contributed by atoms with Crippen molar-refractivity contribution in [1.29, 1.82) is 0 Å². The molecule has 3 aromatic rings. The highest BCUT2D eigenvalue weighted by Crippen LogP contribution is 2.36. The van der Waals surface area contributed by atoms with Crippen molar-refractivity contribution >= 4 is 17.7 Å². The van der Waals surface area contributed by atoms with Gasteiger partial charge in [-0.15, -0.1) is 10.2 Å². The van der Waals surface area contributed by atoms with E-state index >= 15 is 0 Å². The lowest BCUT2D eigenvalue weighted by atomic mass is 10.1. The Balaban J connectivity index is 1.94. The molecule has 0 saturated heterocycles. The van der Waals surface area contributed by atoms with Crippen molar-refractivity contribution in [3.8, 4) is 11.4 Å². The molecule has 2 aromatic carbocycles. The summed E-state index contributed by atoms with van der Waals surface area (Å²) in [6.45, 7) is 2.05. The molecule has 6 heteroatoms. The van der Waals surface area contributed by atoms with Crippen LogP contribution in [0.1, 0.15) is 16.4 Å².